The van der Waals surface area contributed by atoms with E-state index in [-0.39, 0.29) is 28.2 Å². The van der Waals surface area contributed by atoms with E-state index in [1.54, 1.807) is 19.1 Å². The van der Waals surface area contributed by atoms with Crippen LogP contribution >= 0.6 is 11.6 Å². The molecule has 1 aromatic carbocycles. The molecule has 1 heterocycles. The number of aliphatic hydroxyl groups is 1. The number of hydrogen-bond donors (Lipinski definition) is 3. The summed E-state index contributed by atoms with van der Waals surface area (Å²) in [5.74, 6) is 0.540. The van der Waals surface area contributed by atoms with Crippen molar-refractivity contribution in [1.29, 1.82) is 0 Å². The first-order valence-corrected chi connectivity index (χ1v) is 8.67. The second kappa shape index (κ2) is 7.47. The largest absolute Gasteiger partial charge is 0.508 e. The van der Waals surface area contributed by atoms with Crippen LogP contribution in [0.2, 0.25) is 5.02 Å². The quantitative estimate of drug-likeness (QED) is 0.664. The van der Waals surface area contributed by atoms with Gasteiger partial charge < -0.3 is 20.3 Å². The number of nitrogens with one attached hydrogen (secondary N) is 1. The smallest absolute Gasteiger partial charge is 0.358 e. The molecule has 1 fully saturated rings. The molecule has 0 radical (unpaired) electrons. The van der Waals surface area contributed by atoms with Gasteiger partial charge in [0.05, 0.1) is 19.3 Å². The second-order valence-electron chi connectivity index (χ2n) is 6.33. The molecule has 1 aliphatic carbocycles. The fourth-order valence-electron chi connectivity index (χ4n) is 2.57. The van der Waals surface area contributed by atoms with Crippen LogP contribution in [0.5, 0.6) is 5.75 Å². The van der Waals surface area contributed by atoms with E-state index < -0.39 is 18.1 Å². The lowest BCUT2D eigenvalue weighted by atomic mass is 10.0. The first kappa shape index (κ1) is 18.4. The van der Waals surface area contributed by atoms with Gasteiger partial charge >= 0.3 is 5.97 Å². The van der Waals surface area contributed by atoms with E-state index in [9.17, 15) is 15.0 Å². The fourth-order valence-corrected chi connectivity index (χ4v) is 2.79. The van der Waals surface area contributed by atoms with E-state index in [0.29, 0.717) is 11.4 Å². The van der Waals surface area contributed by atoms with E-state index in [2.05, 4.69) is 15.3 Å². The van der Waals surface area contributed by atoms with Crippen molar-refractivity contribution in [3.63, 3.8) is 0 Å². The van der Waals surface area contributed by atoms with Crippen LogP contribution in [0, 0.1) is 0 Å². The Morgan fingerprint density at radius 2 is 1.96 bits per heavy atom. The molecular formula is C18H20ClN3O4. The van der Waals surface area contributed by atoms with E-state index >= 15 is 0 Å². The SMILES string of the molecule is COC(=O)c1nc(C2CC2)nc(NC(C)C(O)c2ccc(O)cc2)c1Cl. The minimum absolute atomic E-state index is 0.0138. The van der Waals surface area contributed by atoms with Crippen LogP contribution in [0.4, 0.5) is 5.82 Å². The van der Waals surface area contributed by atoms with Crippen molar-refractivity contribution in [2.75, 3.05) is 12.4 Å². The summed E-state index contributed by atoms with van der Waals surface area (Å²) >= 11 is 6.29. The molecule has 3 N–H and O–H groups in total. The number of rotatable bonds is 6. The van der Waals surface area contributed by atoms with Crippen LogP contribution in [-0.4, -0.2) is 39.3 Å². The zero-order valence-electron chi connectivity index (χ0n) is 14.4. The Bertz CT molecular complexity index is 809. The zero-order valence-corrected chi connectivity index (χ0v) is 15.2. The number of methoxy groups -OCH3 is 1. The second-order valence-corrected chi connectivity index (χ2v) is 6.71. The number of anilines is 1. The van der Waals surface area contributed by atoms with Gasteiger partial charge in [0.25, 0.3) is 0 Å². The summed E-state index contributed by atoms with van der Waals surface area (Å²) in [7, 11) is 1.27. The number of hydrogen-bond acceptors (Lipinski definition) is 7. The molecule has 1 aromatic heterocycles. The summed E-state index contributed by atoms with van der Waals surface area (Å²) in [6.45, 7) is 1.77. The average Bonchev–Trinajstić information content (AvgIpc) is 3.48. The van der Waals surface area contributed by atoms with Gasteiger partial charge in [-0.1, -0.05) is 23.7 Å². The maximum atomic E-state index is 12.0. The highest BCUT2D eigenvalue weighted by Crippen LogP contribution is 2.40. The Hall–Kier alpha value is -2.38. The van der Waals surface area contributed by atoms with Gasteiger partial charge in [-0.05, 0) is 37.5 Å². The molecule has 1 aliphatic rings. The molecule has 0 aliphatic heterocycles. The number of benzene rings is 1. The van der Waals surface area contributed by atoms with Gasteiger partial charge in [0, 0.05) is 5.92 Å². The van der Waals surface area contributed by atoms with Gasteiger partial charge in [0.2, 0.25) is 0 Å². The highest BCUT2D eigenvalue weighted by atomic mass is 35.5. The third-order valence-electron chi connectivity index (χ3n) is 4.26. The summed E-state index contributed by atoms with van der Waals surface area (Å²) in [6, 6.07) is 5.82. The Balaban J connectivity index is 1.86. The summed E-state index contributed by atoms with van der Waals surface area (Å²) < 4.78 is 4.75. The standard InChI is InChI=1S/C18H20ClN3O4/c1-9(15(24)10-5-7-12(23)8-6-10)20-17-13(19)14(18(25)26-2)21-16(22-17)11-3-4-11/h5-9,11,15,23-24H,3-4H2,1-2H3,(H,20,21,22). The topological polar surface area (TPSA) is 105 Å². The van der Waals surface area contributed by atoms with Crippen molar-refractivity contribution in [3.8, 4) is 5.75 Å². The molecule has 8 heteroatoms. The van der Waals surface area contributed by atoms with Crippen LogP contribution in [0.3, 0.4) is 0 Å². The number of aromatic hydroxyl groups is 1. The third kappa shape index (κ3) is 3.89. The van der Waals surface area contributed by atoms with Crippen molar-refractivity contribution in [2.24, 2.45) is 0 Å². The molecular weight excluding hydrogens is 358 g/mol. The molecule has 138 valence electrons. The highest BCUT2D eigenvalue weighted by Gasteiger charge is 2.31. The minimum Gasteiger partial charge on any atom is -0.508 e. The maximum Gasteiger partial charge on any atom is 0.358 e. The van der Waals surface area contributed by atoms with Gasteiger partial charge in [-0.2, -0.15) is 0 Å². The molecule has 0 amide bonds. The molecule has 2 aromatic rings. The molecule has 2 unspecified atom stereocenters. The van der Waals surface area contributed by atoms with Crippen LogP contribution in [-0.2, 0) is 4.74 Å². The first-order chi connectivity index (χ1) is 12.4. The lowest BCUT2D eigenvalue weighted by molar-refractivity contribution is 0.0593. The molecule has 0 spiro atoms. The minimum atomic E-state index is -0.868. The Kier molecular flexibility index (Phi) is 5.29. The van der Waals surface area contributed by atoms with Crippen molar-refractivity contribution < 1.29 is 19.7 Å². The number of aromatic nitrogens is 2. The van der Waals surface area contributed by atoms with Gasteiger partial charge in [-0.25, -0.2) is 14.8 Å². The average molecular weight is 378 g/mol. The van der Waals surface area contributed by atoms with E-state index in [0.717, 1.165) is 12.8 Å². The summed E-state index contributed by atoms with van der Waals surface area (Å²) in [5, 5.41) is 23.0. The van der Waals surface area contributed by atoms with Gasteiger partial charge in [0.1, 0.15) is 22.4 Å². The summed E-state index contributed by atoms with van der Waals surface area (Å²) in [5.41, 5.74) is 0.642. The summed E-state index contributed by atoms with van der Waals surface area (Å²) in [4.78, 5) is 20.6. The molecule has 0 bridgehead atoms. The van der Waals surface area contributed by atoms with Crippen molar-refractivity contribution in [1.82, 2.24) is 9.97 Å². The number of phenols is 1. The first-order valence-electron chi connectivity index (χ1n) is 8.30. The predicted octanol–water partition coefficient (Wildman–Crippen LogP) is 3.03. The Labute approximate surface area is 156 Å². The normalized spacial score (nSPS) is 16.0. The molecule has 3 rings (SSSR count). The van der Waals surface area contributed by atoms with E-state index in [4.69, 9.17) is 16.3 Å². The van der Waals surface area contributed by atoms with Crippen LogP contribution < -0.4 is 5.32 Å². The fraction of sp³-hybridized carbons (Fsp3) is 0.389. The van der Waals surface area contributed by atoms with Crippen LogP contribution in [0.25, 0.3) is 0 Å². The lowest BCUT2D eigenvalue weighted by Crippen LogP contribution is -2.25. The number of aliphatic hydroxyl groups excluding tert-OH is 1. The van der Waals surface area contributed by atoms with Crippen molar-refractivity contribution in [2.45, 2.75) is 37.8 Å². The van der Waals surface area contributed by atoms with Gasteiger partial charge in [0.15, 0.2) is 5.69 Å². The number of nitrogens with zero attached hydrogens (tertiary/aromatic N) is 2. The number of halogens is 1. The maximum absolute atomic E-state index is 12.0. The number of ether oxygens (including phenoxy) is 1. The lowest BCUT2D eigenvalue weighted by Gasteiger charge is -2.22. The number of esters is 1. The summed E-state index contributed by atoms with van der Waals surface area (Å²) in [6.07, 6.45) is 1.06. The van der Waals surface area contributed by atoms with E-state index in [1.165, 1.54) is 19.2 Å². The zero-order chi connectivity index (χ0) is 18.8. The predicted molar refractivity (Wildman–Crippen MR) is 96.5 cm³/mol. The Morgan fingerprint density at radius 1 is 1.31 bits per heavy atom. The molecule has 1 saturated carbocycles. The number of phenolic OH excluding ortho intramolecular Hbond substituents is 1. The number of carbonyl (C=O) groups is 1. The van der Waals surface area contributed by atoms with Gasteiger partial charge in [-0.15, -0.1) is 0 Å². The molecule has 2 atom stereocenters. The van der Waals surface area contributed by atoms with Gasteiger partial charge in [-0.3, -0.25) is 0 Å². The van der Waals surface area contributed by atoms with Crippen molar-refractivity contribution >= 4 is 23.4 Å². The number of carbonyl (C=O) groups excluding carboxylic acids is 1. The monoisotopic (exact) mass is 377 g/mol. The molecule has 26 heavy (non-hydrogen) atoms. The third-order valence-corrected chi connectivity index (χ3v) is 4.62. The highest BCUT2D eigenvalue weighted by molar-refractivity contribution is 6.35. The van der Waals surface area contributed by atoms with Crippen LogP contribution in [0.1, 0.15) is 53.7 Å². The van der Waals surface area contributed by atoms with Crippen LogP contribution in [0.15, 0.2) is 24.3 Å². The van der Waals surface area contributed by atoms with Crippen molar-refractivity contribution in [3.05, 3.63) is 46.4 Å². The molecule has 7 nitrogen and oxygen atoms in total. The van der Waals surface area contributed by atoms with E-state index in [1.807, 2.05) is 0 Å². The Morgan fingerprint density at radius 3 is 2.54 bits per heavy atom. The molecule has 0 saturated heterocycles.